The van der Waals surface area contributed by atoms with Gasteiger partial charge in [-0.2, -0.15) is 0 Å². The van der Waals surface area contributed by atoms with Gasteiger partial charge in [-0.25, -0.2) is 4.79 Å². The number of hydrogen-bond donors (Lipinski definition) is 0. The number of ether oxygens (including phenoxy) is 1. The lowest BCUT2D eigenvalue weighted by Gasteiger charge is -2.14. The Balaban J connectivity index is 2.50. The number of rotatable bonds is 3. The van der Waals surface area contributed by atoms with Gasteiger partial charge in [0.25, 0.3) is 0 Å². The van der Waals surface area contributed by atoms with E-state index in [0.29, 0.717) is 23.5 Å². The lowest BCUT2D eigenvalue weighted by Crippen LogP contribution is -2.12. The molecule has 0 aliphatic rings. The molecule has 0 radical (unpaired) electrons. The molecule has 0 bridgehead atoms. The minimum Gasteiger partial charge on any atom is -0.490 e. The summed E-state index contributed by atoms with van der Waals surface area (Å²) in [5.74, 6) is 0.459. The minimum absolute atomic E-state index is 0.405. The van der Waals surface area contributed by atoms with Gasteiger partial charge in [0.1, 0.15) is 0 Å². The molecule has 5 nitrogen and oxygen atoms in total. The molecule has 0 fully saturated rings. The quantitative estimate of drug-likeness (QED) is 0.686. The summed E-state index contributed by atoms with van der Waals surface area (Å²) in [5, 5.41) is 1.83. The Morgan fingerprint density at radius 2 is 1.90 bits per heavy atom. The first-order valence-corrected chi connectivity index (χ1v) is 6.26. The zero-order valence-electron chi connectivity index (χ0n) is 11.6. The van der Waals surface area contributed by atoms with Crippen molar-refractivity contribution in [1.82, 2.24) is 4.90 Å². The normalized spacial score (nSPS) is 11.6. The van der Waals surface area contributed by atoms with Gasteiger partial charge in [0, 0.05) is 23.4 Å². The van der Waals surface area contributed by atoms with Crippen LogP contribution in [-0.2, 0) is 6.54 Å². The van der Waals surface area contributed by atoms with Crippen LogP contribution < -0.4 is 10.4 Å². The molecule has 0 aliphatic carbocycles. The molecule has 5 heteroatoms. The minimum atomic E-state index is -0.405. The molecule has 1 aromatic carbocycles. The third-order valence-corrected chi connectivity index (χ3v) is 3.24. The van der Waals surface area contributed by atoms with Crippen molar-refractivity contribution in [2.75, 3.05) is 21.2 Å². The molecule has 0 aliphatic heterocycles. The molecule has 104 valence electrons. The van der Waals surface area contributed by atoms with Gasteiger partial charge < -0.3 is 18.5 Å². The molecule has 0 atom stereocenters. The second-order valence-corrected chi connectivity index (χ2v) is 4.91. The molecule has 0 saturated heterocycles. The fourth-order valence-electron chi connectivity index (χ4n) is 2.47. The van der Waals surface area contributed by atoms with E-state index < -0.39 is 5.63 Å². The maximum atomic E-state index is 11.5. The van der Waals surface area contributed by atoms with Gasteiger partial charge >= 0.3 is 5.63 Å². The predicted octanol–water partition coefficient (Wildman–Crippen LogP) is 2.61. The standard InChI is InChI=1S/C15H15NO4/c1-16(2)8-11-9-4-5-12(17)20-14(9)15(18-3)13-10(11)6-7-19-13/h4-7H,8H2,1-3H3. The molecule has 0 N–H and O–H groups in total. The van der Waals surface area contributed by atoms with Crippen molar-refractivity contribution in [2.45, 2.75) is 6.54 Å². The van der Waals surface area contributed by atoms with Gasteiger partial charge in [-0.3, -0.25) is 0 Å². The van der Waals surface area contributed by atoms with Gasteiger partial charge in [-0.05, 0) is 31.8 Å². The van der Waals surface area contributed by atoms with E-state index in [2.05, 4.69) is 4.90 Å². The number of hydrogen-bond acceptors (Lipinski definition) is 5. The summed E-state index contributed by atoms with van der Waals surface area (Å²) in [6.07, 6.45) is 1.61. The first-order valence-electron chi connectivity index (χ1n) is 6.26. The van der Waals surface area contributed by atoms with Crippen molar-refractivity contribution in [1.29, 1.82) is 0 Å². The molecule has 2 aromatic heterocycles. The summed E-state index contributed by atoms with van der Waals surface area (Å²) in [4.78, 5) is 13.6. The first kappa shape index (κ1) is 12.7. The van der Waals surface area contributed by atoms with E-state index in [9.17, 15) is 4.79 Å². The van der Waals surface area contributed by atoms with Crippen LogP contribution in [0.15, 0.2) is 38.1 Å². The van der Waals surface area contributed by atoms with E-state index in [1.54, 1.807) is 12.3 Å². The Labute approximate surface area is 115 Å². The lowest BCUT2D eigenvalue weighted by atomic mass is 10.0. The maximum Gasteiger partial charge on any atom is 0.336 e. The molecule has 0 saturated carbocycles. The fraction of sp³-hybridized carbons (Fsp3) is 0.267. The maximum absolute atomic E-state index is 11.5. The van der Waals surface area contributed by atoms with Gasteiger partial charge in [0.2, 0.25) is 5.75 Å². The molecule has 3 rings (SSSR count). The van der Waals surface area contributed by atoms with Gasteiger partial charge in [0.05, 0.1) is 13.4 Å². The number of benzene rings is 1. The van der Waals surface area contributed by atoms with Crippen LogP contribution >= 0.6 is 0 Å². The van der Waals surface area contributed by atoms with Gasteiger partial charge in [-0.15, -0.1) is 0 Å². The van der Waals surface area contributed by atoms with Crippen LogP contribution in [0.1, 0.15) is 5.56 Å². The smallest absolute Gasteiger partial charge is 0.336 e. The monoisotopic (exact) mass is 273 g/mol. The van der Waals surface area contributed by atoms with Gasteiger partial charge in [-0.1, -0.05) is 0 Å². The number of nitrogens with zero attached hydrogens (tertiary/aromatic N) is 1. The third-order valence-electron chi connectivity index (χ3n) is 3.24. The van der Waals surface area contributed by atoms with Crippen molar-refractivity contribution in [2.24, 2.45) is 0 Å². The van der Waals surface area contributed by atoms with E-state index in [-0.39, 0.29) is 0 Å². The van der Waals surface area contributed by atoms with Crippen molar-refractivity contribution in [3.63, 3.8) is 0 Å². The highest BCUT2D eigenvalue weighted by Gasteiger charge is 2.19. The summed E-state index contributed by atoms with van der Waals surface area (Å²) in [6.45, 7) is 0.713. The molecule has 2 heterocycles. The van der Waals surface area contributed by atoms with Crippen LogP contribution in [0, 0.1) is 0 Å². The highest BCUT2D eigenvalue weighted by Crippen LogP contribution is 2.38. The largest absolute Gasteiger partial charge is 0.490 e. The Morgan fingerprint density at radius 3 is 2.60 bits per heavy atom. The molecular weight excluding hydrogens is 258 g/mol. The fourth-order valence-corrected chi connectivity index (χ4v) is 2.47. The average molecular weight is 273 g/mol. The summed E-state index contributed by atoms with van der Waals surface area (Å²) in [5.41, 5.74) is 1.68. The highest BCUT2D eigenvalue weighted by atomic mass is 16.5. The van der Waals surface area contributed by atoms with Crippen LogP contribution in [0.25, 0.3) is 21.9 Å². The van der Waals surface area contributed by atoms with E-state index in [1.807, 2.05) is 20.2 Å². The average Bonchev–Trinajstić information content (AvgIpc) is 2.87. The topological polar surface area (TPSA) is 55.8 Å². The molecule has 3 aromatic rings. The van der Waals surface area contributed by atoms with Crippen molar-refractivity contribution in [3.05, 3.63) is 40.4 Å². The van der Waals surface area contributed by atoms with Crippen LogP contribution in [0.3, 0.4) is 0 Å². The number of methoxy groups -OCH3 is 1. The van der Waals surface area contributed by atoms with Crippen LogP contribution in [0.4, 0.5) is 0 Å². The van der Waals surface area contributed by atoms with Gasteiger partial charge in [0.15, 0.2) is 11.2 Å². The molecule has 0 unspecified atom stereocenters. The lowest BCUT2D eigenvalue weighted by molar-refractivity contribution is 0.398. The molecular formula is C15H15NO4. The van der Waals surface area contributed by atoms with E-state index in [0.717, 1.165) is 16.3 Å². The van der Waals surface area contributed by atoms with E-state index in [1.165, 1.54) is 13.2 Å². The van der Waals surface area contributed by atoms with Crippen LogP contribution in [0.2, 0.25) is 0 Å². The summed E-state index contributed by atoms with van der Waals surface area (Å²) in [7, 11) is 5.51. The predicted molar refractivity (Wildman–Crippen MR) is 76.2 cm³/mol. The zero-order chi connectivity index (χ0) is 14.3. The summed E-state index contributed by atoms with van der Waals surface area (Å²) < 4.78 is 16.2. The Bertz CT molecular complexity index is 829. The van der Waals surface area contributed by atoms with Crippen molar-refractivity contribution < 1.29 is 13.6 Å². The second kappa shape index (κ2) is 4.68. The first-order chi connectivity index (χ1) is 9.61. The SMILES string of the molecule is COc1c2occc2c(CN(C)C)c2ccc(=O)oc12. The zero-order valence-corrected chi connectivity index (χ0v) is 11.6. The van der Waals surface area contributed by atoms with E-state index >= 15 is 0 Å². The Morgan fingerprint density at radius 1 is 1.15 bits per heavy atom. The highest BCUT2D eigenvalue weighted by molar-refractivity contribution is 6.03. The number of fused-ring (bicyclic) bond motifs is 2. The Kier molecular flexibility index (Phi) is 2.99. The summed E-state index contributed by atoms with van der Waals surface area (Å²) in [6, 6.07) is 5.10. The van der Waals surface area contributed by atoms with Crippen molar-refractivity contribution in [3.8, 4) is 5.75 Å². The molecule has 0 spiro atoms. The van der Waals surface area contributed by atoms with E-state index in [4.69, 9.17) is 13.6 Å². The van der Waals surface area contributed by atoms with Crippen molar-refractivity contribution >= 4 is 21.9 Å². The third kappa shape index (κ3) is 1.87. The summed E-state index contributed by atoms with van der Waals surface area (Å²) >= 11 is 0. The molecule has 0 amide bonds. The second-order valence-electron chi connectivity index (χ2n) is 4.91. The van der Waals surface area contributed by atoms with Crippen LogP contribution in [0.5, 0.6) is 5.75 Å². The number of furan rings is 1. The molecule has 20 heavy (non-hydrogen) atoms. The van der Waals surface area contributed by atoms with Crippen LogP contribution in [-0.4, -0.2) is 26.1 Å². The Hall–Kier alpha value is -2.27.